The van der Waals surface area contributed by atoms with E-state index in [4.69, 9.17) is 5.73 Å². The Balaban J connectivity index is 0.00000289. The molecule has 0 spiro atoms. The molecular formula is C11H23ClN2O3S. The second-order valence-electron chi connectivity index (χ2n) is 4.71. The zero-order chi connectivity index (χ0) is 12.9. The van der Waals surface area contributed by atoms with Crippen LogP contribution in [0.3, 0.4) is 0 Å². The minimum Gasteiger partial charge on any atom is -0.353 e. The summed E-state index contributed by atoms with van der Waals surface area (Å²) in [6.07, 6.45) is 4.45. The average molecular weight is 299 g/mol. The Morgan fingerprint density at radius 3 is 2.33 bits per heavy atom. The van der Waals surface area contributed by atoms with Crippen molar-refractivity contribution < 1.29 is 13.2 Å². The fourth-order valence-electron chi connectivity index (χ4n) is 2.05. The number of rotatable bonds is 5. The Bertz CT molecular complexity index is 364. The molecule has 108 valence electrons. The molecule has 5 nitrogen and oxygen atoms in total. The van der Waals surface area contributed by atoms with Crippen LogP contribution >= 0.6 is 12.4 Å². The van der Waals surface area contributed by atoms with Gasteiger partial charge in [0.2, 0.25) is 5.91 Å². The van der Waals surface area contributed by atoms with E-state index in [1.165, 1.54) is 0 Å². The van der Waals surface area contributed by atoms with Gasteiger partial charge in [-0.05, 0) is 12.8 Å². The fourth-order valence-corrected chi connectivity index (χ4v) is 2.75. The van der Waals surface area contributed by atoms with Gasteiger partial charge in [-0.3, -0.25) is 4.79 Å². The topological polar surface area (TPSA) is 89.3 Å². The highest BCUT2D eigenvalue weighted by atomic mass is 35.5. The molecule has 1 rings (SSSR count). The first-order chi connectivity index (χ1) is 7.90. The molecule has 3 N–H and O–H groups in total. The third-order valence-electron chi connectivity index (χ3n) is 3.34. The summed E-state index contributed by atoms with van der Waals surface area (Å²) in [6.45, 7) is 1.76. The number of carbonyl (C=O) groups excluding carboxylic acids is 1. The highest BCUT2D eigenvalue weighted by Crippen LogP contribution is 2.25. The monoisotopic (exact) mass is 298 g/mol. The molecule has 1 aliphatic rings. The third-order valence-corrected chi connectivity index (χ3v) is 5.04. The van der Waals surface area contributed by atoms with Crippen molar-refractivity contribution >= 4 is 28.2 Å². The van der Waals surface area contributed by atoms with Crippen LogP contribution in [0.15, 0.2) is 0 Å². The van der Waals surface area contributed by atoms with Crippen LogP contribution in [-0.4, -0.2) is 37.9 Å². The number of hydrogen-bond acceptors (Lipinski definition) is 4. The second-order valence-corrected chi connectivity index (χ2v) is 7.18. The molecule has 0 unspecified atom stereocenters. The molecule has 1 aliphatic carbocycles. The highest BCUT2D eigenvalue weighted by molar-refractivity contribution is 7.91. The molecular weight excluding hydrogens is 276 g/mol. The van der Waals surface area contributed by atoms with Gasteiger partial charge in [0.05, 0.1) is 11.3 Å². The van der Waals surface area contributed by atoms with Gasteiger partial charge < -0.3 is 11.1 Å². The van der Waals surface area contributed by atoms with Crippen LogP contribution < -0.4 is 11.1 Å². The lowest BCUT2D eigenvalue weighted by Crippen LogP contribution is -2.55. The summed E-state index contributed by atoms with van der Waals surface area (Å²) in [5.74, 6) is -0.106. The quantitative estimate of drug-likeness (QED) is 0.779. The first-order valence-electron chi connectivity index (χ1n) is 6.17. The van der Waals surface area contributed by atoms with Gasteiger partial charge in [0.15, 0.2) is 9.84 Å². The van der Waals surface area contributed by atoms with E-state index in [0.29, 0.717) is 12.8 Å². The lowest BCUT2D eigenvalue weighted by molar-refractivity contribution is -0.127. The van der Waals surface area contributed by atoms with Crippen molar-refractivity contribution in [3.05, 3.63) is 0 Å². The number of nitrogens with one attached hydrogen (secondary N) is 1. The summed E-state index contributed by atoms with van der Waals surface area (Å²) in [7, 11) is -3.02. The zero-order valence-corrected chi connectivity index (χ0v) is 12.4. The maximum atomic E-state index is 11.9. The summed E-state index contributed by atoms with van der Waals surface area (Å²) in [4.78, 5) is 11.9. The minimum atomic E-state index is -3.02. The van der Waals surface area contributed by atoms with Crippen LogP contribution in [-0.2, 0) is 14.6 Å². The molecule has 0 radical (unpaired) electrons. The molecule has 0 aromatic heterocycles. The summed E-state index contributed by atoms with van der Waals surface area (Å²) in [5, 5.41) is 2.64. The van der Waals surface area contributed by atoms with E-state index in [-0.39, 0.29) is 36.4 Å². The lowest BCUT2D eigenvalue weighted by Gasteiger charge is -2.31. The molecule has 0 bridgehead atoms. The third kappa shape index (κ3) is 5.12. The molecule has 7 heteroatoms. The van der Waals surface area contributed by atoms with Gasteiger partial charge in [-0.2, -0.15) is 0 Å². The minimum absolute atomic E-state index is 0. The van der Waals surface area contributed by atoms with Crippen LogP contribution in [0.25, 0.3) is 0 Å². The second kappa shape index (κ2) is 7.31. The van der Waals surface area contributed by atoms with E-state index < -0.39 is 15.4 Å². The summed E-state index contributed by atoms with van der Waals surface area (Å²) in [6, 6.07) is 0. The Morgan fingerprint density at radius 1 is 1.28 bits per heavy atom. The number of nitrogens with two attached hydrogens (primary N) is 1. The van der Waals surface area contributed by atoms with Crippen molar-refractivity contribution in [1.29, 1.82) is 0 Å². The summed E-state index contributed by atoms with van der Waals surface area (Å²) < 4.78 is 22.5. The van der Waals surface area contributed by atoms with Crippen molar-refractivity contribution in [2.45, 2.75) is 44.6 Å². The van der Waals surface area contributed by atoms with Crippen molar-refractivity contribution in [2.75, 3.05) is 18.1 Å². The SMILES string of the molecule is CCS(=O)(=O)CCNC(=O)C1(N)CCCCC1.Cl. The number of amides is 1. The molecule has 0 heterocycles. The standard InChI is InChI=1S/C11H22N2O3S.ClH/c1-2-17(15,16)9-8-13-10(14)11(12)6-4-3-5-7-11;/h2-9,12H2,1H3,(H,13,14);1H. The van der Waals surface area contributed by atoms with Gasteiger partial charge in [-0.1, -0.05) is 26.2 Å². The molecule has 1 amide bonds. The van der Waals surface area contributed by atoms with Gasteiger partial charge >= 0.3 is 0 Å². The van der Waals surface area contributed by atoms with Crippen LogP contribution in [0, 0.1) is 0 Å². The first-order valence-corrected chi connectivity index (χ1v) is 7.99. The molecule has 0 aromatic rings. The zero-order valence-electron chi connectivity index (χ0n) is 10.8. The largest absolute Gasteiger partial charge is 0.353 e. The number of carbonyl (C=O) groups is 1. The first kappa shape index (κ1) is 17.7. The van der Waals surface area contributed by atoms with E-state index in [2.05, 4.69) is 5.32 Å². The molecule has 1 saturated carbocycles. The van der Waals surface area contributed by atoms with Crippen LogP contribution in [0.1, 0.15) is 39.0 Å². The van der Waals surface area contributed by atoms with E-state index in [9.17, 15) is 13.2 Å². The summed E-state index contributed by atoms with van der Waals surface area (Å²) in [5.41, 5.74) is 5.24. The van der Waals surface area contributed by atoms with Gasteiger partial charge in [0.1, 0.15) is 0 Å². The Kier molecular flexibility index (Phi) is 7.17. The molecule has 0 aromatic carbocycles. The average Bonchev–Trinajstić information content (AvgIpc) is 2.29. The Labute approximate surface area is 115 Å². The Morgan fingerprint density at radius 2 is 1.83 bits per heavy atom. The molecule has 18 heavy (non-hydrogen) atoms. The van der Waals surface area contributed by atoms with Crippen molar-refractivity contribution in [1.82, 2.24) is 5.32 Å². The normalized spacial score (nSPS) is 18.8. The van der Waals surface area contributed by atoms with E-state index in [1.54, 1.807) is 6.92 Å². The van der Waals surface area contributed by atoms with Gasteiger partial charge in [0, 0.05) is 12.3 Å². The summed E-state index contributed by atoms with van der Waals surface area (Å²) >= 11 is 0. The van der Waals surface area contributed by atoms with Crippen LogP contribution in [0.4, 0.5) is 0 Å². The van der Waals surface area contributed by atoms with Gasteiger partial charge in [0.25, 0.3) is 0 Å². The highest BCUT2D eigenvalue weighted by Gasteiger charge is 2.34. The van der Waals surface area contributed by atoms with E-state index in [0.717, 1.165) is 19.3 Å². The maximum Gasteiger partial charge on any atom is 0.240 e. The van der Waals surface area contributed by atoms with E-state index >= 15 is 0 Å². The van der Waals surface area contributed by atoms with Crippen molar-refractivity contribution in [2.24, 2.45) is 5.73 Å². The number of sulfone groups is 1. The van der Waals surface area contributed by atoms with Gasteiger partial charge in [-0.25, -0.2) is 8.42 Å². The fraction of sp³-hybridized carbons (Fsp3) is 0.909. The lowest BCUT2D eigenvalue weighted by atomic mass is 9.82. The maximum absolute atomic E-state index is 11.9. The number of halogens is 1. The smallest absolute Gasteiger partial charge is 0.240 e. The molecule has 0 atom stereocenters. The predicted molar refractivity (Wildman–Crippen MR) is 74.6 cm³/mol. The molecule has 1 fully saturated rings. The Hall–Kier alpha value is -0.330. The molecule has 0 saturated heterocycles. The van der Waals surface area contributed by atoms with Crippen molar-refractivity contribution in [3.8, 4) is 0 Å². The van der Waals surface area contributed by atoms with Crippen molar-refractivity contribution in [3.63, 3.8) is 0 Å². The predicted octanol–water partition coefficient (Wildman–Crippen LogP) is 0.621. The molecule has 0 aliphatic heterocycles. The van der Waals surface area contributed by atoms with Gasteiger partial charge in [-0.15, -0.1) is 12.4 Å². The van der Waals surface area contributed by atoms with E-state index in [1.807, 2.05) is 0 Å². The van der Waals surface area contributed by atoms with Crippen LogP contribution in [0.5, 0.6) is 0 Å². The van der Waals surface area contributed by atoms with Crippen LogP contribution in [0.2, 0.25) is 0 Å². The number of hydrogen-bond donors (Lipinski definition) is 2.